The second kappa shape index (κ2) is 23.5. The van der Waals surface area contributed by atoms with Gasteiger partial charge in [-0.25, -0.2) is 0 Å². The molecule has 0 radical (unpaired) electrons. The molecule has 0 spiro atoms. The molecular weight excluding hydrogens is 300 g/mol. The van der Waals surface area contributed by atoms with Gasteiger partial charge in [-0.05, 0) is 41.2 Å². The molecule has 0 bridgehead atoms. The first-order valence-corrected chi connectivity index (χ1v) is 7.92. The molecule has 0 aliphatic rings. The Morgan fingerprint density at radius 3 is 1.32 bits per heavy atom. The van der Waals surface area contributed by atoms with Gasteiger partial charge in [-0.3, -0.25) is 0 Å². The molecule has 2 nitrogen and oxygen atoms in total. The number of unbranched alkanes of at least 4 members (excludes halogenated alkanes) is 9. The van der Waals surface area contributed by atoms with Crippen molar-refractivity contribution < 1.29 is 0 Å². The molecule has 0 atom stereocenters. The highest BCUT2D eigenvalue weighted by molar-refractivity contribution is 8.93. The fraction of sp³-hybridized carbons (Fsp3) is 1.00. The predicted octanol–water partition coefficient (Wildman–Crippen LogP) is 4.88. The monoisotopic (exact) mass is 338 g/mol. The molecule has 0 rings (SSSR count). The van der Waals surface area contributed by atoms with E-state index in [9.17, 15) is 0 Å². The minimum absolute atomic E-state index is 0. The van der Waals surface area contributed by atoms with Gasteiger partial charge in [0.1, 0.15) is 0 Å². The van der Waals surface area contributed by atoms with Gasteiger partial charge < -0.3 is 10.2 Å². The summed E-state index contributed by atoms with van der Waals surface area (Å²) >= 11 is 0. The fourth-order valence-corrected chi connectivity index (χ4v) is 1.92. The minimum Gasteiger partial charge on any atom is -0.323 e. The first kappa shape index (κ1) is 24.4. The van der Waals surface area contributed by atoms with Crippen molar-refractivity contribution in [3.63, 3.8) is 0 Å². The van der Waals surface area contributed by atoms with Crippen LogP contribution in [0.5, 0.6) is 0 Å². The van der Waals surface area contributed by atoms with E-state index in [0.717, 1.165) is 0 Å². The molecule has 0 amide bonds. The highest BCUT2D eigenvalue weighted by Crippen LogP contribution is 2.10. The summed E-state index contributed by atoms with van der Waals surface area (Å²) in [7, 11) is 8.07. The van der Waals surface area contributed by atoms with Crippen molar-refractivity contribution >= 4 is 17.0 Å². The van der Waals surface area contributed by atoms with Gasteiger partial charge in [0.2, 0.25) is 0 Å². The zero-order chi connectivity index (χ0) is 14.1. The minimum atomic E-state index is 0. The summed E-state index contributed by atoms with van der Waals surface area (Å²) in [5, 5.41) is 2.75. The lowest BCUT2D eigenvalue weighted by molar-refractivity contribution is 0.389. The highest BCUT2D eigenvalue weighted by Gasteiger charge is 1.93. The van der Waals surface area contributed by atoms with Crippen LogP contribution in [0.4, 0.5) is 0 Å². The summed E-state index contributed by atoms with van der Waals surface area (Å²) in [4.78, 5) is 2.28. The van der Waals surface area contributed by atoms with Crippen LogP contribution in [0.2, 0.25) is 0 Å². The Morgan fingerprint density at radius 2 is 1.00 bits per heavy atom. The Balaban J connectivity index is -0.000000580. The fourth-order valence-electron chi connectivity index (χ4n) is 1.92. The average Bonchev–Trinajstić information content (AvgIpc) is 2.32. The van der Waals surface area contributed by atoms with Crippen LogP contribution in [0, 0.1) is 0 Å². The molecule has 0 unspecified atom stereocenters. The van der Waals surface area contributed by atoms with E-state index in [1.165, 1.54) is 70.8 Å². The van der Waals surface area contributed by atoms with Gasteiger partial charge in [-0.1, -0.05) is 64.7 Å². The van der Waals surface area contributed by atoms with Crippen LogP contribution in [0.25, 0.3) is 0 Å². The van der Waals surface area contributed by atoms with E-state index >= 15 is 0 Å². The summed E-state index contributed by atoms with van der Waals surface area (Å²) in [6, 6.07) is 0. The van der Waals surface area contributed by atoms with E-state index in [1.807, 2.05) is 14.1 Å². The zero-order valence-corrected chi connectivity index (χ0v) is 15.8. The summed E-state index contributed by atoms with van der Waals surface area (Å²) in [6.45, 7) is 3.54. The molecule has 0 saturated carbocycles. The summed E-state index contributed by atoms with van der Waals surface area (Å²) in [5.41, 5.74) is 0. The largest absolute Gasteiger partial charge is 0.323 e. The van der Waals surface area contributed by atoms with Crippen LogP contribution in [-0.4, -0.2) is 39.6 Å². The maximum absolute atomic E-state index is 2.75. The van der Waals surface area contributed by atoms with Crippen LogP contribution < -0.4 is 5.32 Å². The summed E-state index contributed by atoms with van der Waals surface area (Å²) in [6.07, 6.45) is 14.4. The van der Waals surface area contributed by atoms with E-state index in [-0.39, 0.29) is 17.0 Å². The van der Waals surface area contributed by atoms with Crippen molar-refractivity contribution in [2.75, 3.05) is 34.7 Å². The van der Waals surface area contributed by atoms with E-state index in [4.69, 9.17) is 0 Å². The van der Waals surface area contributed by atoms with Crippen LogP contribution in [-0.2, 0) is 0 Å². The molecule has 0 aliphatic heterocycles. The average molecular weight is 339 g/mol. The number of halogens is 1. The van der Waals surface area contributed by atoms with Gasteiger partial charge in [0.25, 0.3) is 0 Å². The molecule has 0 aromatic heterocycles. The van der Waals surface area contributed by atoms with Crippen LogP contribution in [0.15, 0.2) is 0 Å². The van der Waals surface area contributed by atoms with Gasteiger partial charge in [-0.2, -0.15) is 0 Å². The lowest BCUT2D eigenvalue weighted by Gasteiger charge is -2.08. The molecule has 0 aromatic rings. The zero-order valence-electron chi connectivity index (χ0n) is 14.1. The number of nitrogens with one attached hydrogen (secondary N) is 1. The Bertz CT molecular complexity index is 130. The third kappa shape index (κ3) is 32.2. The molecule has 0 fully saturated rings. The Kier molecular flexibility index (Phi) is 30.2. The molecule has 0 aromatic carbocycles. The normalized spacial score (nSPS) is 9.79. The van der Waals surface area contributed by atoms with Gasteiger partial charge in [0, 0.05) is 0 Å². The van der Waals surface area contributed by atoms with Crippen molar-refractivity contribution in [1.82, 2.24) is 10.2 Å². The van der Waals surface area contributed by atoms with E-state index in [2.05, 4.69) is 31.2 Å². The molecule has 0 saturated heterocycles. The van der Waals surface area contributed by atoms with E-state index in [0.29, 0.717) is 0 Å². The van der Waals surface area contributed by atoms with Gasteiger partial charge >= 0.3 is 0 Å². The number of hydrogen-bond donors (Lipinski definition) is 1. The molecule has 0 aliphatic carbocycles. The second-order valence-corrected chi connectivity index (χ2v) is 5.49. The van der Waals surface area contributed by atoms with Gasteiger partial charge in [-0.15, -0.1) is 17.0 Å². The number of nitrogens with zero attached hydrogens (tertiary/aromatic N) is 1. The van der Waals surface area contributed by atoms with Crippen LogP contribution in [0.3, 0.4) is 0 Å². The molecule has 0 heterocycles. The van der Waals surface area contributed by atoms with E-state index < -0.39 is 0 Å². The van der Waals surface area contributed by atoms with Crippen LogP contribution in [0.1, 0.15) is 71.1 Å². The first-order valence-electron chi connectivity index (χ1n) is 7.92. The predicted molar refractivity (Wildman–Crippen MR) is 95.7 cm³/mol. The van der Waals surface area contributed by atoms with Crippen molar-refractivity contribution in [2.45, 2.75) is 71.1 Å². The molecule has 19 heavy (non-hydrogen) atoms. The first-order chi connectivity index (χ1) is 8.68. The van der Waals surface area contributed by atoms with Crippen molar-refractivity contribution in [3.8, 4) is 0 Å². The van der Waals surface area contributed by atoms with Gasteiger partial charge in [0.05, 0.1) is 0 Å². The third-order valence-corrected chi connectivity index (χ3v) is 2.96. The van der Waals surface area contributed by atoms with E-state index in [1.54, 1.807) is 0 Å². The van der Waals surface area contributed by atoms with Gasteiger partial charge in [0.15, 0.2) is 0 Å². The Morgan fingerprint density at radius 1 is 0.684 bits per heavy atom. The lowest BCUT2D eigenvalue weighted by atomic mass is 10.1. The maximum atomic E-state index is 2.75. The Hall–Kier alpha value is 0.400. The smallest absolute Gasteiger partial charge is 0.00248 e. The summed E-state index contributed by atoms with van der Waals surface area (Å²) in [5.74, 6) is 0. The number of rotatable bonds is 11. The second-order valence-electron chi connectivity index (χ2n) is 5.49. The SMILES string of the molecule is Br.CCCCCCCCCCCCN(C)C.CNC. The summed E-state index contributed by atoms with van der Waals surface area (Å²) < 4.78 is 0. The molecular formula is C16H39BrN2. The Labute approximate surface area is 133 Å². The molecule has 1 N–H and O–H groups in total. The highest BCUT2D eigenvalue weighted by atomic mass is 79.9. The quantitative estimate of drug-likeness (QED) is 0.540. The lowest BCUT2D eigenvalue weighted by Crippen LogP contribution is -2.12. The standard InChI is InChI=1S/C14H31N.C2H7N.BrH/c1-4-5-6-7-8-9-10-11-12-13-14-15(2)3;1-3-2;/h4-14H2,1-3H3;3H,1-2H3;1H. The third-order valence-electron chi connectivity index (χ3n) is 2.96. The van der Waals surface area contributed by atoms with Crippen molar-refractivity contribution in [2.24, 2.45) is 0 Å². The number of hydrogen-bond acceptors (Lipinski definition) is 2. The molecule has 120 valence electrons. The topological polar surface area (TPSA) is 15.3 Å². The van der Waals surface area contributed by atoms with Crippen LogP contribution >= 0.6 is 17.0 Å². The van der Waals surface area contributed by atoms with Crippen molar-refractivity contribution in [1.29, 1.82) is 0 Å². The molecule has 3 heteroatoms. The van der Waals surface area contributed by atoms with Crippen molar-refractivity contribution in [3.05, 3.63) is 0 Å². The maximum Gasteiger partial charge on any atom is -0.00248 e.